The minimum absolute atomic E-state index is 0. The van der Waals surface area contributed by atoms with Gasteiger partial charge in [-0.2, -0.15) is 0 Å². The van der Waals surface area contributed by atoms with E-state index >= 15 is 0 Å². The molecule has 0 unspecified atom stereocenters. The lowest BCUT2D eigenvalue weighted by Gasteiger charge is -2.25. The van der Waals surface area contributed by atoms with Gasteiger partial charge in [0, 0.05) is 37.9 Å². The Morgan fingerprint density at radius 3 is 2.54 bits per heavy atom. The zero-order valence-electron chi connectivity index (χ0n) is 16.7. The summed E-state index contributed by atoms with van der Waals surface area (Å²) in [7, 11) is -1.23. The lowest BCUT2D eigenvalue weighted by atomic mass is 10.2. The summed E-state index contributed by atoms with van der Waals surface area (Å²) in [6, 6.07) is 5.64. The first-order valence-electron chi connectivity index (χ1n) is 9.26. The van der Waals surface area contributed by atoms with Crippen LogP contribution in [0.2, 0.25) is 0 Å². The maximum Gasteiger partial charge on any atom is 0.195 e. The molecule has 2 N–H and O–H groups in total. The molecule has 10 heteroatoms. The van der Waals surface area contributed by atoms with Crippen LogP contribution in [0, 0.1) is 0 Å². The van der Waals surface area contributed by atoms with Crippen molar-refractivity contribution in [2.75, 3.05) is 63.3 Å². The topological polar surface area (TPSA) is 92.3 Å². The Morgan fingerprint density at radius 2 is 1.93 bits per heavy atom. The third-order valence-electron chi connectivity index (χ3n) is 4.19. The van der Waals surface area contributed by atoms with Gasteiger partial charge in [-0.15, -0.1) is 24.0 Å². The highest BCUT2D eigenvalue weighted by Crippen LogP contribution is 2.30. The average molecular weight is 526 g/mol. The molecule has 1 heterocycles. The molecule has 1 aliphatic rings. The van der Waals surface area contributed by atoms with E-state index in [9.17, 15) is 8.42 Å². The average Bonchev–Trinajstić information content (AvgIpc) is 2.64. The molecule has 0 aliphatic carbocycles. The second-order valence-electron chi connectivity index (χ2n) is 6.18. The van der Waals surface area contributed by atoms with Gasteiger partial charge >= 0.3 is 0 Å². The number of nitrogens with zero attached hydrogens (tertiary/aromatic N) is 2. The van der Waals surface area contributed by atoms with Gasteiger partial charge in [0.2, 0.25) is 0 Å². The Balaban J connectivity index is 0.00000392. The van der Waals surface area contributed by atoms with Crippen LogP contribution < -0.4 is 20.1 Å². The number of sulfone groups is 1. The summed E-state index contributed by atoms with van der Waals surface area (Å²) in [5, 5.41) is 6.48. The first kappa shape index (κ1) is 24.8. The molecule has 160 valence electrons. The van der Waals surface area contributed by atoms with E-state index in [0.29, 0.717) is 43.7 Å². The molecule has 0 bridgehead atoms. The Morgan fingerprint density at radius 1 is 1.21 bits per heavy atom. The molecule has 1 aromatic rings. The molecule has 0 atom stereocenters. The number of nitrogens with one attached hydrogen (secondary N) is 2. The number of methoxy groups -OCH3 is 1. The number of benzene rings is 1. The SMILES string of the molecule is CCNC(=NCCN1CCS(=O)(=O)CC1)Nc1ccc(OC)c(OCC)c1.I. The van der Waals surface area contributed by atoms with Crippen molar-refractivity contribution in [3.05, 3.63) is 18.2 Å². The smallest absolute Gasteiger partial charge is 0.195 e. The van der Waals surface area contributed by atoms with Gasteiger partial charge < -0.3 is 20.1 Å². The van der Waals surface area contributed by atoms with Crippen molar-refractivity contribution in [2.45, 2.75) is 13.8 Å². The van der Waals surface area contributed by atoms with E-state index < -0.39 is 9.84 Å². The lowest BCUT2D eigenvalue weighted by Crippen LogP contribution is -2.41. The summed E-state index contributed by atoms with van der Waals surface area (Å²) in [6.07, 6.45) is 0. The fourth-order valence-electron chi connectivity index (χ4n) is 2.74. The highest BCUT2D eigenvalue weighted by atomic mass is 127. The number of ether oxygens (including phenoxy) is 2. The molecule has 0 radical (unpaired) electrons. The van der Waals surface area contributed by atoms with Crippen molar-refractivity contribution in [2.24, 2.45) is 4.99 Å². The van der Waals surface area contributed by atoms with Crippen LogP contribution in [-0.2, 0) is 9.84 Å². The molecule has 1 aromatic carbocycles. The normalized spacial score (nSPS) is 16.8. The first-order valence-corrected chi connectivity index (χ1v) is 11.1. The Labute approximate surface area is 185 Å². The highest BCUT2D eigenvalue weighted by Gasteiger charge is 2.20. The van der Waals surface area contributed by atoms with Crippen LogP contribution in [0.5, 0.6) is 11.5 Å². The van der Waals surface area contributed by atoms with Crippen LogP contribution in [-0.4, -0.2) is 77.2 Å². The van der Waals surface area contributed by atoms with Gasteiger partial charge in [0.15, 0.2) is 27.3 Å². The number of hydrogen-bond acceptors (Lipinski definition) is 6. The van der Waals surface area contributed by atoms with Crippen molar-refractivity contribution >= 4 is 45.5 Å². The van der Waals surface area contributed by atoms with Gasteiger partial charge in [-0.3, -0.25) is 9.89 Å². The van der Waals surface area contributed by atoms with Crippen LogP contribution in [0.3, 0.4) is 0 Å². The zero-order chi connectivity index (χ0) is 19.7. The third-order valence-corrected chi connectivity index (χ3v) is 5.80. The van der Waals surface area contributed by atoms with Crippen LogP contribution in [0.4, 0.5) is 5.69 Å². The summed E-state index contributed by atoms with van der Waals surface area (Å²) < 4.78 is 33.9. The van der Waals surface area contributed by atoms with Crippen molar-refractivity contribution in [3.8, 4) is 11.5 Å². The number of rotatable bonds is 8. The number of aliphatic imine (C=N–C) groups is 1. The molecule has 2 rings (SSSR count). The number of hydrogen-bond donors (Lipinski definition) is 2. The van der Waals surface area contributed by atoms with E-state index in [4.69, 9.17) is 9.47 Å². The van der Waals surface area contributed by atoms with E-state index in [1.807, 2.05) is 32.0 Å². The predicted octanol–water partition coefficient (Wildman–Crippen LogP) is 1.82. The van der Waals surface area contributed by atoms with Crippen molar-refractivity contribution in [1.29, 1.82) is 0 Å². The van der Waals surface area contributed by atoms with E-state index in [-0.39, 0.29) is 35.5 Å². The standard InChI is InChI=1S/C18H30N4O4S.HI/c1-4-19-18(20-8-9-22-10-12-27(23,24)13-11-22)21-15-6-7-16(25-3)17(14-15)26-5-2;/h6-7,14H,4-5,8-13H2,1-3H3,(H2,19,20,21);1H. The monoisotopic (exact) mass is 526 g/mol. The molecule has 1 saturated heterocycles. The fraction of sp³-hybridized carbons (Fsp3) is 0.611. The second kappa shape index (κ2) is 12.3. The molecule has 28 heavy (non-hydrogen) atoms. The Kier molecular flexibility index (Phi) is 10.9. The molecule has 0 saturated carbocycles. The van der Waals surface area contributed by atoms with E-state index in [1.54, 1.807) is 7.11 Å². The van der Waals surface area contributed by atoms with Crippen LogP contribution in [0.1, 0.15) is 13.8 Å². The van der Waals surface area contributed by atoms with Crippen LogP contribution in [0.15, 0.2) is 23.2 Å². The highest BCUT2D eigenvalue weighted by molar-refractivity contribution is 14.0. The molecular formula is C18H31IN4O4S. The van der Waals surface area contributed by atoms with Gasteiger partial charge in [0.1, 0.15) is 0 Å². The van der Waals surface area contributed by atoms with E-state index in [2.05, 4.69) is 20.5 Å². The maximum absolute atomic E-state index is 11.5. The molecular weight excluding hydrogens is 495 g/mol. The quantitative estimate of drug-likeness (QED) is 0.303. The van der Waals surface area contributed by atoms with E-state index in [1.165, 1.54) is 0 Å². The minimum Gasteiger partial charge on any atom is -0.493 e. The first-order chi connectivity index (χ1) is 13.0. The summed E-state index contributed by atoms with van der Waals surface area (Å²) in [5.41, 5.74) is 0.850. The fourth-order valence-corrected chi connectivity index (χ4v) is 4.02. The van der Waals surface area contributed by atoms with Crippen molar-refractivity contribution in [3.63, 3.8) is 0 Å². The summed E-state index contributed by atoms with van der Waals surface area (Å²) in [4.78, 5) is 6.72. The van der Waals surface area contributed by atoms with Gasteiger partial charge in [-0.1, -0.05) is 0 Å². The summed E-state index contributed by atoms with van der Waals surface area (Å²) in [6.45, 7) is 7.71. The Hall–Kier alpha value is -1.27. The van der Waals surface area contributed by atoms with Crippen molar-refractivity contribution in [1.82, 2.24) is 10.2 Å². The zero-order valence-corrected chi connectivity index (χ0v) is 19.9. The molecule has 0 amide bonds. The lowest BCUT2D eigenvalue weighted by molar-refractivity contribution is 0.304. The molecule has 0 spiro atoms. The predicted molar refractivity (Wildman–Crippen MR) is 124 cm³/mol. The minimum atomic E-state index is -2.85. The molecule has 8 nitrogen and oxygen atoms in total. The number of guanidine groups is 1. The molecule has 1 aliphatic heterocycles. The molecule has 0 aromatic heterocycles. The van der Waals surface area contributed by atoms with Crippen LogP contribution >= 0.6 is 24.0 Å². The summed E-state index contributed by atoms with van der Waals surface area (Å²) in [5.74, 6) is 2.51. The van der Waals surface area contributed by atoms with Crippen molar-refractivity contribution < 1.29 is 17.9 Å². The molecule has 1 fully saturated rings. The summed E-state index contributed by atoms with van der Waals surface area (Å²) >= 11 is 0. The van der Waals surface area contributed by atoms with Gasteiger partial charge in [0.05, 0.1) is 31.8 Å². The third kappa shape index (κ3) is 8.00. The van der Waals surface area contributed by atoms with E-state index in [0.717, 1.165) is 18.8 Å². The number of anilines is 1. The largest absolute Gasteiger partial charge is 0.493 e. The van der Waals surface area contributed by atoms with Gasteiger partial charge in [-0.05, 0) is 26.0 Å². The van der Waals surface area contributed by atoms with Crippen LogP contribution in [0.25, 0.3) is 0 Å². The second-order valence-corrected chi connectivity index (χ2v) is 8.48. The van der Waals surface area contributed by atoms with Gasteiger partial charge in [0.25, 0.3) is 0 Å². The maximum atomic E-state index is 11.5. The van der Waals surface area contributed by atoms with Gasteiger partial charge in [-0.25, -0.2) is 8.42 Å². The number of halogens is 1. The Bertz CT molecular complexity index is 729.